The molecule has 1 aromatic carbocycles. The number of hydrogen-bond acceptors (Lipinski definition) is 6. The Labute approximate surface area is 139 Å². The van der Waals surface area contributed by atoms with Crippen LogP contribution in [0.3, 0.4) is 0 Å². The summed E-state index contributed by atoms with van der Waals surface area (Å²) in [6.45, 7) is 0. The molecule has 0 aliphatic carbocycles. The van der Waals surface area contributed by atoms with Crippen molar-refractivity contribution in [3.05, 3.63) is 64.6 Å². The summed E-state index contributed by atoms with van der Waals surface area (Å²) in [4.78, 5) is 19.4. The number of nitrogens with zero attached hydrogens (tertiary/aromatic N) is 4. The van der Waals surface area contributed by atoms with Crippen LogP contribution in [0.1, 0.15) is 5.69 Å². The molecule has 0 fully saturated rings. The number of thiazole rings is 1. The molecule has 0 amide bonds. The second-order valence-corrected chi connectivity index (χ2v) is 7.13. The molecule has 0 aliphatic rings. The minimum Gasteiger partial charge on any atom is -0.307 e. The van der Waals surface area contributed by atoms with Crippen LogP contribution in [0.25, 0.3) is 15.9 Å². The molecule has 0 radical (unpaired) electrons. The molecule has 4 aromatic rings. The average molecular weight is 342 g/mol. The van der Waals surface area contributed by atoms with E-state index in [2.05, 4.69) is 9.97 Å². The van der Waals surface area contributed by atoms with Crippen LogP contribution in [-0.4, -0.2) is 19.3 Å². The lowest BCUT2D eigenvalue weighted by Crippen LogP contribution is -1.86. The molecule has 0 bridgehead atoms. The Morgan fingerprint density at radius 2 is 2.17 bits per heavy atom. The van der Waals surface area contributed by atoms with Crippen molar-refractivity contribution in [1.82, 2.24) is 14.4 Å². The molecule has 0 saturated heterocycles. The SMILES string of the molecule is O=[N+]([O-])c1ccc2sc(SCc3cn4ccccc4n3)nc2c1. The Hall–Kier alpha value is -2.45. The Bertz CT molecular complexity index is 992. The summed E-state index contributed by atoms with van der Waals surface area (Å²) in [7, 11) is 0. The monoisotopic (exact) mass is 342 g/mol. The average Bonchev–Trinajstić information content (AvgIpc) is 3.14. The first-order valence-corrected chi connectivity index (χ1v) is 8.60. The van der Waals surface area contributed by atoms with Crippen molar-refractivity contribution >= 4 is 44.6 Å². The van der Waals surface area contributed by atoms with Crippen LogP contribution < -0.4 is 0 Å². The van der Waals surface area contributed by atoms with Crippen molar-refractivity contribution in [2.75, 3.05) is 0 Å². The second kappa shape index (κ2) is 5.64. The van der Waals surface area contributed by atoms with Gasteiger partial charge in [-0.1, -0.05) is 17.8 Å². The van der Waals surface area contributed by atoms with Gasteiger partial charge in [-0.2, -0.15) is 0 Å². The van der Waals surface area contributed by atoms with Gasteiger partial charge in [-0.3, -0.25) is 10.1 Å². The Balaban J connectivity index is 1.56. The van der Waals surface area contributed by atoms with Crippen molar-refractivity contribution in [2.45, 2.75) is 10.1 Å². The van der Waals surface area contributed by atoms with E-state index >= 15 is 0 Å². The number of non-ortho nitro benzene ring substituents is 1. The lowest BCUT2D eigenvalue weighted by molar-refractivity contribution is -0.384. The van der Waals surface area contributed by atoms with Gasteiger partial charge in [0.15, 0.2) is 4.34 Å². The number of benzene rings is 1. The van der Waals surface area contributed by atoms with E-state index in [1.807, 2.05) is 35.0 Å². The van der Waals surface area contributed by atoms with Gasteiger partial charge in [0.1, 0.15) is 5.65 Å². The fraction of sp³-hybridized carbons (Fsp3) is 0.0667. The number of aromatic nitrogens is 3. The fourth-order valence-electron chi connectivity index (χ4n) is 2.26. The zero-order valence-electron chi connectivity index (χ0n) is 11.7. The summed E-state index contributed by atoms with van der Waals surface area (Å²) in [5, 5.41) is 10.8. The zero-order chi connectivity index (χ0) is 15.8. The van der Waals surface area contributed by atoms with Crippen molar-refractivity contribution in [1.29, 1.82) is 0 Å². The van der Waals surface area contributed by atoms with Crippen molar-refractivity contribution < 1.29 is 4.92 Å². The van der Waals surface area contributed by atoms with Gasteiger partial charge in [0.05, 0.1) is 20.8 Å². The first-order chi connectivity index (χ1) is 11.2. The third-order valence-electron chi connectivity index (χ3n) is 3.32. The van der Waals surface area contributed by atoms with Crippen LogP contribution >= 0.6 is 23.1 Å². The quantitative estimate of drug-likeness (QED) is 0.316. The van der Waals surface area contributed by atoms with Crippen LogP contribution in [-0.2, 0) is 5.75 Å². The van der Waals surface area contributed by atoms with E-state index in [-0.39, 0.29) is 5.69 Å². The summed E-state index contributed by atoms with van der Waals surface area (Å²) < 4.78 is 3.82. The third-order valence-corrected chi connectivity index (χ3v) is 5.53. The van der Waals surface area contributed by atoms with Crippen LogP contribution in [0.4, 0.5) is 5.69 Å². The van der Waals surface area contributed by atoms with Gasteiger partial charge < -0.3 is 4.40 Å². The molecule has 4 rings (SSSR count). The molecule has 0 saturated carbocycles. The number of nitro groups is 1. The minimum absolute atomic E-state index is 0.0692. The Morgan fingerprint density at radius 1 is 1.26 bits per heavy atom. The van der Waals surface area contributed by atoms with Crippen molar-refractivity contribution in [3.8, 4) is 0 Å². The molecule has 0 aliphatic heterocycles. The lowest BCUT2D eigenvalue weighted by Gasteiger charge is -1.91. The highest BCUT2D eigenvalue weighted by atomic mass is 32.2. The lowest BCUT2D eigenvalue weighted by atomic mass is 10.3. The van der Waals surface area contributed by atoms with E-state index in [0.717, 1.165) is 20.4 Å². The Kier molecular flexibility index (Phi) is 3.47. The maximum Gasteiger partial charge on any atom is 0.271 e. The number of pyridine rings is 1. The molecular formula is C15H10N4O2S2. The number of imidazole rings is 1. The minimum atomic E-state index is -0.401. The van der Waals surface area contributed by atoms with E-state index in [1.54, 1.807) is 17.8 Å². The molecule has 6 nitrogen and oxygen atoms in total. The smallest absolute Gasteiger partial charge is 0.271 e. The van der Waals surface area contributed by atoms with Crippen molar-refractivity contribution in [2.24, 2.45) is 0 Å². The van der Waals surface area contributed by atoms with Crippen LogP contribution in [0.5, 0.6) is 0 Å². The molecule has 0 N–H and O–H groups in total. The molecule has 114 valence electrons. The first kappa shape index (κ1) is 14.2. The van der Waals surface area contributed by atoms with Gasteiger partial charge in [0.2, 0.25) is 0 Å². The van der Waals surface area contributed by atoms with Gasteiger partial charge in [-0.05, 0) is 18.2 Å². The van der Waals surface area contributed by atoms with E-state index in [4.69, 9.17) is 0 Å². The standard InChI is InChI=1S/C15H10N4O2S2/c20-19(21)11-4-5-13-12(7-11)17-15(23-13)22-9-10-8-18-6-2-1-3-14(18)16-10/h1-8H,9H2. The maximum absolute atomic E-state index is 10.8. The van der Waals surface area contributed by atoms with Gasteiger partial charge in [-0.15, -0.1) is 11.3 Å². The molecule has 23 heavy (non-hydrogen) atoms. The third kappa shape index (κ3) is 2.78. The van der Waals surface area contributed by atoms with Crippen LogP contribution in [0, 0.1) is 10.1 Å². The summed E-state index contributed by atoms with van der Waals surface area (Å²) in [5.41, 5.74) is 2.64. The normalized spacial score (nSPS) is 11.3. The maximum atomic E-state index is 10.8. The second-order valence-electron chi connectivity index (χ2n) is 4.88. The van der Waals surface area contributed by atoms with E-state index in [1.165, 1.54) is 23.5 Å². The first-order valence-electron chi connectivity index (χ1n) is 6.79. The van der Waals surface area contributed by atoms with Gasteiger partial charge in [0, 0.05) is 30.3 Å². The van der Waals surface area contributed by atoms with Crippen molar-refractivity contribution in [3.63, 3.8) is 0 Å². The highest BCUT2D eigenvalue weighted by molar-refractivity contribution is 8.00. The number of fused-ring (bicyclic) bond motifs is 2. The predicted molar refractivity (Wildman–Crippen MR) is 91.0 cm³/mol. The Morgan fingerprint density at radius 3 is 3.00 bits per heavy atom. The number of hydrogen-bond donors (Lipinski definition) is 0. The molecule has 3 aromatic heterocycles. The summed E-state index contributed by atoms with van der Waals surface area (Å²) in [6, 6.07) is 10.7. The largest absolute Gasteiger partial charge is 0.307 e. The van der Waals surface area contributed by atoms with Gasteiger partial charge in [0.25, 0.3) is 5.69 Å². The van der Waals surface area contributed by atoms with Crippen LogP contribution in [0.2, 0.25) is 0 Å². The number of thioether (sulfide) groups is 1. The van der Waals surface area contributed by atoms with E-state index in [9.17, 15) is 10.1 Å². The molecule has 0 spiro atoms. The van der Waals surface area contributed by atoms with E-state index < -0.39 is 4.92 Å². The number of nitro benzene ring substituents is 1. The fourth-order valence-corrected chi connectivity index (χ4v) is 4.19. The molecule has 3 heterocycles. The van der Waals surface area contributed by atoms with Gasteiger partial charge >= 0.3 is 0 Å². The summed E-state index contributed by atoms with van der Waals surface area (Å²) >= 11 is 3.13. The summed E-state index contributed by atoms with van der Waals surface area (Å²) in [5.74, 6) is 0.712. The predicted octanol–water partition coefficient (Wildman–Crippen LogP) is 4.14. The highest BCUT2D eigenvalue weighted by Gasteiger charge is 2.11. The number of rotatable bonds is 4. The van der Waals surface area contributed by atoms with Gasteiger partial charge in [-0.25, -0.2) is 9.97 Å². The molecule has 8 heteroatoms. The molecular weight excluding hydrogens is 332 g/mol. The summed E-state index contributed by atoms with van der Waals surface area (Å²) in [6.07, 6.45) is 3.97. The topological polar surface area (TPSA) is 73.3 Å². The molecule has 0 atom stereocenters. The van der Waals surface area contributed by atoms with E-state index in [0.29, 0.717) is 11.3 Å². The molecule has 0 unspecified atom stereocenters. The zero-order valence-corrected chi connectivity index (χ0v) is 13.4. The highest BCUT2D eigenvalue weighted by Crippen LogP contribution is 2.33. The van der Waals surface area contributed by atoms with Crippen LogP contribution in [0.15, 0.2) is 53.1 Å².